The first kappa shape index (κ1) is 11.8. The number of nitrogens with two attached hydrogens (primary N) is 1. The van der Waals surface area contributed by atoms with Gasteiger partial charge in [-0.3, -0.25) is 0 Å². The topological polar surface area (TPSA) is 40.2 Å². The molecule has 3 rings (SSSR count). The summed E-state index contributed by atoms with van der Waals surface area (Å²) in [6.45, 7) is 2.59. The van der Waals surface area contributed by atoms with Gasteiger partial charge in [0.05, 0.1) is 6.10 Å². The van der Waals surface area contributed by atoms with Crippen molar-refractivity contribution in [1.29, 1.82) is 0 Å². The van der Waals surface area contributed by atoms with Gasteiger partial charge in [-0.25, -0.2) is 0 Å². The fourth-order valence-corrected chi connectivity index (χ4v) is 2.73. The Labute approximate surface area is 108 Å². The Hall–Kier alpha value is -1.32. The van der Waals surface area contributed by atoms with E-state index in [1.165, 1.54) is 29.3 Å². The van der Waals surface area contributed by atoms with Crippen molar-refractivity contribution in [3.8, 4) is 0 Å². The number of aryl methyl sites for hydroxylation is 1. The van der Waals surface area contributed by atoms with Crippen LogP contribution in [-0.4, -0.2) is 17.3 Å². The molecule has 2 aromatic rings. The van der Waals surface area contributed by atoms with Crippen molar-refractivity contribution in [2.45, 2.75) is 38.5 Å². The summed E-state index contributed by atoms with van der Waals surface area (Å²) in [5, 5.41) is 1.28. The van der Waals surface area contributed by atoms with Gasteiger partial charge in [0, 0.05) is 31.4 Å². The summed E-state index contributed by atoms with van der Waals surface area (Å²) in [7, 11) is 0. The third-order valence-electron chi connectivity index (χ3n) is 3.79. The van der Waals surface area contributed by atoms with Gasteiger partial charge in [0.25, 0.3) is 0 Å². The zero-order valence-electron chi connectivity index (χ0n) is 10.6. The van der Waals surface area contributed by atoms with E-state index >= 15 is 0 Å². The van der Waals surface area contributed by atoms with E-state index in [1.54, 1.807) is 0 Å². The summed E-state index contributed by atoms with van der Waals surface area (Å²) < 4.78 is 7.99. The van der Waals surface area contributed by atoms with Crippen molar-refractivity contribution >= 4 is 10.9 Å². The summed E-state index contributed by atoms with van der Waals surface area (Å²) >= 11 is 0. The van der Waals surface area contributed by atoms with Gasteiger partial charge in [-0.2, -0.15) is 0 Å². The van der Waals surface area contributed by atoms with Crippen molar-refractivity contribution in [3.05, 3.63) is 36.0 Å². The Morgan fingerprint density at radius 1 is 1.33 bits per heavy atom. The highest BCUT2D eigenvalue weighted by Crippen LogP contribution is 2.20. The van der Waals surface area contributed by atoms with E-state index in [2.05, 4.69) is 35.0 Å². The summed E-state index contributed by atoms with van der Waals surface area (Å²) in [5.74, 6) is 0. The summed E-state index contributed by atoms with van der Waals surface area (Å²) in [6.07, 6.45) is 6.18. The second-order valence-corrected chi connectivity index (χ2v) is 5.03. The first-order chi connectivity index (χ1) is 8.86. The van der Waals surface area contributed by atoms with Gasteiger partial charge >= 0.3 is 0 Å². The van der Waals surface area contributed by atoms with E-state index < -0.39 is 0 Å². The molecule has 1 aromatic carbocycles. The highest BCUT2D eigenvalue weighted by Gasteiger charge is 2.15. The molecule has 0 aliphatic carbocycles. The first-order valence-electron chi connectivity index (χ1n) is 6.76. The Bertz CT molecular complexity index is 526. The molecule has 0 saturated carbocycles. The van der Waals surface area contributed by atoms with Gasteiger partial charge in [-0.15, -0.1) is 0 Å². The largest absolute Gasteiger partial charge is 0.378 e. The van der Waals surface area contributed by atoms with Gasteiger partial charge in [0.1, 0.15) is 0 Å². The van der Waals surface area contributed by atoms with Crippen LogP contribution in [0.4, 0.5) is 0 Å². The summed E-state index contributed by atoms with van der Waals surface area (Å²) in [6, 6.07) is 8.64. The molecular weight excluding hydrogens is 224 g/mol. The van der Waals surface area contributed by atoms with Gasteiger partial charge in [0.15, 0.2) is 0 Å². The van der Waals surface area contributed by atoms with Crippen LogP contribution in [0.5, 0.6) is 0 Å². The quantitative estimate of drug-likeness (QED) is 0.898. The Balaban J connectivity index is 1.75. The molecule has 1 aliphatic heterocycles. The van der Waals surface area contributed by atoms with E-state index in [4.69, 9.17) is 10.5 Å². The van der Waals surface area contributed by atoms with Crippen molar-refractivity contribution in [1.82, 2.24) is 4.57 Å². The molecule has 0 radical (unpaired) electrons. The number of aromatic nitrogens is 1. The number of hydrogen-bond donors (Lipinski definition) is 1. The fraction of sp³-hybridized carbons (Fsp3) is 0.467. The van der Waals surface area contributed by atoms with Crippen molar-refractivity contribution < 1.29 is 4.74 Å². The van der Waals surface area contributed by atoms with Crippen LogP contribution in [0.2, 0.25) is 0 Å². The van der Waals surface area contributed by atoms with Crippen LogP contribution in [0.3, 0.4) is 0 Å². The molecule has 1 aromatic heterocycles. The minimum Gasteiger partial charge on any atom is -0.378 e. The predicted molar refractivity (Wildman–Crippen MR) is 73.4 cm³/mol. The molecule has 18 heavy (non-hydrogen) atoms. The number of hydrogen-bond acceptors (Lipinski definition) is 2. The van der Waals surface area contributed by atoms with Crippen LogP contribution in [0.25, 0.3) is 10.9 Å². The second kappa shape index (κ2) is 5.12. The molecule has 3 nitrogen and oxygen atoms in total. The van der Waals surface area contributed by atoms with Gasteiger partial charge in [-0.05, 0) is 48.4 Å². The van der Waals surface area contributed by atoms with E-state index in [0.29, 0.717) is 12.6 Å². The summed E-state index contributed by atoms with van der Waals surface area (Å²) in [5.41, 5.74) is 8.16. The molecule has 3 heteroatoms. The SMILES string of the molecule is NCc1ccc2c(ccn2CCC2CCCO2)c1. The van der Waals surface area contributed by atoms with Crippen molar-refractivity contribution in [2.75, 3.05) is 6.61 Å². The van der Waals surface area contributed by atoms with Crippen molar-refractivity contribution in [2.24, 2.45) is 5.73 Å². The molecule has 1 atom stereocenters. The average molecular weight is 244 g/mol. The van der Waals surface area contributed by atoms with E-state index in [9.17, 15) is 0 Å². The monoisotopic (exact) mass is 244 g/mol. The molecule has 2 N–H and O–H groups in total. The zero-order valence-corrected chi connectivity index (χ0v) is 10.6. The molecule has 1 aliphatic rings. The average Bonchev–Trinajstić information content (AvgIpc) is 3.05. The molecule has 0 amide bonds. The molecule has 2 heterocycles. The maximum atomic E-state index is 5.67. The maximum Gasteiger partial charge on any atom is 0.0593 e. The van der Waals surface area contributed by atoms with Crippen LogP contribution < -0.4 is 5.73 Å². The van der Waals surface area contributed by atoms with E-state index in [0.717, 1.165) is 19.6 Å². The smallest absolute Gasteiger partial charge is 0.0593 e. The molecule has 0 spiro atoms. The molecule has 0 bridgehead atoms. The third-order valence-corrected chi connectivity index (χ3v) is 3.79. The van der Waals surface area contributed by atoms with Crippen LogP contribution in [0, 0.1) is 0 Å². The third kappa shape index (κ3) is 2.28. The molecule has 1 unspecified atom stereocenters. The van der Waals surface area contributed by atoms with Crippen LogP contribution in [0.1, 0.15) is 24.8 Å². The maximum absolute atomic E-state index is 5.67. The predicted octanol–water partition coefficient (Wildman–Crippen LogP) is 2.67. The van der Waals surface area contributed by atoms with Crippen LogP contribution in [0.15, 0.2) is 30.5 Å². The minimum absolute atomic E-state index is 0.464. The lowest BCUT2D eigenvalue weighted by Crippen LogP contribution is -2.09. The number of benzene rings is 1. The van der Waals surface area contributed by atoms with Crippen molar-refractivity contribution in [3.63, 3.8) is 0 Å². The molecule has 1 fully saturated rings. The number of ether oxygens (including phenoxy) is 1. The Morgan fingerprint density at radius 2 is 2.28 bits per heavy atom. The highest BCUT2D eigenvalue weighted by atomic mass is 16.5. The number of nitrogens with zero attached hydrogens (tertiary/aromatic N) is 1. The number of fused-ring (bicyclic) bond motifs is 1. The van der Waals surface area contributed by atoms with Gasteiger partial charge in [-0.1, -0.05) is 6.07 Å². The fourth-order valence-electron chi connectivity index (χ4n) is 2.73. The number of rotatable bonds is 4. The normalized spacial score (nSPS) is 19.7. The zero-order chi connectivity index (χ0) is 12.4. The Morgan fingerprint density at radius 3 is 3.06 bits per heavy atom. The lowest BCUT2D eigenvalue weighted by Gasteiger charge is -2.11. The Kier molecular flexibility index (Phi) is 3.35. The van der Waals surface area contributed by atoms with Crippen LogP contribution in [-0.2, 0) is 17.8 Å². The molecular formula is C15H20N2O. The van der Waals surface area contributed by atoms with E-state index in [1.807, 2.05) is 0 Å². The lowest BCUT2D eigenvalue weighted by atomic mass is 10.1. The highest BCUT2D eigenvalue weighted by molar-refractivity contribution is 5.80. The standard InChI is InChI=1S/C15H20N2O/c16-11-12-3-4-15-13(10-12)5-7-17(15)8-6-14-2-1-9-18-14/h3-5,7,10,14H,1-2,6,8-9,11,16H2. The van der Waals surface area contributed by atoms with Crippen LogP contribution >= 0.6 is 0 Å². The molecule has 96 valence electrons. The molecule has 1 saturated heterocycles. The second-order valence-electron chi connectivity index (χ2n) is 5.03. The lowest BCUT2D eigenvalue weighted by molar-refractivity contribution is 0.101. The first-order valence-corrected chi connectivity index (χ1v) is 6.76. The van der Waals surface area contributed by atoms with Gasteiger partial charge in [0.2, 0.25) is 0 Å². The van der Waals surface area contributed by atoms with Gasteiger partial charge < -0.3 is 15.0 Å². The van der Waals surface area contributed by atoms with E-state index in [-0.39, 0.29) is 0 Å². The minimum atomic E-state index is 0.464. The summed E-state index contributed by atoms with van der Waals surface area (Å²) in [4.78, 5) is 0.